The zero-order chi connectivity index (χ0) is 15.5. The molecule has 5 heteroatoms. The van der Waals surface area contributed by atoms with Gasteiger partial charge in [-0.3, -0.25) is 0 Å². The number of nitrogens with zero attached hydrogens (tertiary/aromatic N) is 1. The van der Waals surface area contributed by atoms with Crippen molar-refractivity contribution >= 4 is 0 Å². The molecule has 0 fully saturated rings. The standard InChI is InChI=1S/C16H30N2O3/c1-14(2)16(17-3)15-5-6-18(13-15)7-8-20-11-12-21-10-9-19-4/h5-6,13-14,16-17H,7-12H2,1-4H3. The van der Waals surface area contributed by atoms with Gasteiger partial charge in [-0.25, -0.2) is 0 Å². The minimum Gasteiger partial charge on any atom is -0.382 e. The number of hydrogen-bond acceptors (Lipinski definition) is 4. The van der Waals surface area contributed by atoms with Gasteiger partial charge in [-0.1, -0.05) is 13.8 Å². The molecule has 0 aliphatic heterocycles. The number of rotatable bonds is 12. The van der Waals surface area contributed by atoms with Gasteiger partial charge in [0.1, 0.15) is 0 Å². The van der Waals surface area contributed by atoms with Crippen LogP contribution in [0.25, 0.3) is 0 Å². The third-order valence-electron chi connectivity index (χ3n) is 3.41. The first-order valence-corrected chi connectivity index (χ1v) is 7.66. The molecule has 0 bridgehead atoms. The van der Waals surface area contributed by atoms with Gasteiger partial charge in [-0.15, -0.1) is 0 Å². The molecule has 1 rings (SSSR count). The van der Waals surface area contributed by atoms with Crippen molar-refractivity contribution in [2.24, 2.45) is 5.92 Å². The van der Waals surface area contributed by atoms with E-state index in [0.29, 0.717) is 45.0 Å². The van der Waals surface area contributed by atoms with Gasteiger partial charge in [-0.05, 0) is 24.6 Å². The van der Waals surface area contributed by atoms with E-state index < -0.39 is 0 Å². The van der Waals surface area contributed by atoms with E-state index in [1.54, 1.807) is 7.11 Å². The third-order valence-corrected chi connectivity index (χ3v) is 3.41. The Bertz CT molecular complexity index is 366. The zero-order valence-corrected chi connectivity index (χ0v) is 13.8. The summed E-state index contributed by atoms with van der Waals surface area (Å²) in [6.07, 6.45) is 4.31. The summed E-state index contributed by atoms with van der Waals surface area (Å²) >= 11 is 0. The first-order valence-electron chi connectivity index (χ1n) is 7.66. The fraction of sp³-hybridized carbons (Fsp3) is 0.750. The number of methoxy groups -OCH3 is 1. The van der Waals surface area contributed by atoms with Gasteiger partial charge in [0.05, 0.1) is 33.0 Å². The first-order chi connectivity index (χ1) is 10.2. The maximum absolute atomic E-state index is 5.56. The molecule has 5 nitrogen and oxygen atoms in total. The molecule has 1 atom stereocenters. The highest BCUT2D eigenvalue weighted by Crippen LogP contribution is 2.21. The van der Waals surface area contributed by atoms with Crippen LogP contribution in [-0.2, 0) is 20.8 Å². The van der Waals surface area contributed by atoms with Crippen LogP contribution in [0.15, 0.2) is 18.5 Å². The molecule has 0 radical (unpaired) electrons. The molecule has 1 N–H and O–H groups in total. The Hall–Kier alpha value is -0.880. The lowest BCUT2D eigenvalue weighted by Crippen LogP contribution is -2.21. The van der Waals surface area contributed by atoms with E-state index in [1.165, 1.54) is 5.56 Å². The van der Waals surface area contributed by atoms with Crippen molar-refractivity contribution in [3.63, 3.8) is 0 Å². The fourth-order valence-corrected chi connectivity index (χ4v) is 2.30. The highest BCUT2D eigenvalue weighted by Gasteiger charge is 2.14. The minimum atomic E-state index is 0.404. The van der Waals surface area contributed by atoms with Crippen LogP contribution in [0.5, 0.6) is 0 Å². The van der Waals surface area contributed by atoms with Gasteiger partial charge >= 0.3 is 0 Å². The summed E-state index contributed by atoms with van der Waals surface area (Å²) in [6.45, 7) is 8.53. The summed E-state index contributed by atoms with van der Waals surface area (Å²) in [5.41, 5.74) is 1.33. The van der Waals surface area contributed by atoms with Crippen molar-refractivity contribution in [2.45, 2.75) is 26.4 Å². The number of nitrogens with one attached hydrogen (secondary N) is 1. The van der Waals surface area contributed by atoms with Crippen LogP contribution in [0, 0.1) is 5.92 Å². The molecule has 0 aliphatic rings. The number of aromatic nitrogens is 1. The average molecular weight is 298 g/mol. The zero-order valence-electron chi connectivity index (χ0n) is 13.8. The maximum atomic E-state index is 5.56. The van der Waals surface area contributed by atoms with Crippen LogP contribution >= 0.6 is 0 Å². The van der Waals surface area contributed by atoms with Crippen molar-refractivity contribution in [3.05, 3.63) is 24.0 Å². The van der Waals surface area contributed by atoms with Gasteiger partial charge in [0, 0.05) is 32.1 Å². The van der Waals surface area contributed by atoms with E-state index in [0.717, 1.165) is 6.54 Å². The highest BCUT2D eigenvalue weighted by molar-refractivity contribution is 5.16. The molecule has 1 aromatic rings. The largest absolute Gasteiger partial charge is 0.382 e. The molecule has 0 aromatic carbocycles. The van der Waals surface area contributed by atoms with E-state index >= 15 is 0 Å². The van der Waals surface area contributed by atoms with Crippen LogP contribution in [0.4, 0.5) is 0 Å². The molecule has 0 aliphatic carbocycles. The van der Waals surface area contributed by atoms with E-state index in [2.05, 4.69) is 42.2 Å². The van der Waals surface area contributed by atoms with Crippen molar-refractivity contribution in [2.75, 3.05) is 47.2 Å². The summed E-state index contributed by atoms with van der Waals surface area (Å²) < 4.78 is 18.0. The lowest BCUT2D eigenvalue weighted by atomic mass is 9.99. The van der Waals surface area contributed by atoms with Crippen molar-refractivity contribution in [3.8, 4) is 0 Å². The molecule has 0 saturated carbocycles. The molecule has 1 aromatic heterocycles. The number of ether oxygens (including phenoxy) is 3. The summed E-state index contributed by atoms with van der Waals surface area (Å²) in [6, 6.07) is 2.58. The van der Waals surface area contributed by atoms with Gasteiger partial charge in [0.15, 0.2) is 0 Å². The summed E-state index contributed by atoms with van der Waals surface area (Å²) in [5, 5.41) is 3.36. The normalized spacial score (nSPS) is 13.0. The predicted molar refractivity (Wildman–Crippen MR) is 84.6 cm³/mol. The van der Waals surface area contributed by atoms with Gasteiger partial charge < -0.3 is 24.1 Å². The maximum Gasteiger partial charge on any atom is 0.0701 e. The lowest BCUT2D eigenvalue weighted by molar-refractivity contribution is 0.0230. The predicted octanol–water partition coefficient (Wildman–Crippen LogP) is 2.08. The minimum absolute atomic E-state index is 0.404. The highest BCUT2D eigenvalue weighted by atomic mass is 16.5. The second-order valence-electron chi connectivity index (χ2n) is 5.41. The molecule has 1 heterocycles. The van der Waals surface area contributed by atoms with E-state index in [9.17, 15) is 0 Å². The Morgan fingerprint density at radius 3 is 2.38 bits per heavy atom. The van der Waals surface area contributed by atoms with Crippen LogP contribution in [-0.4, -0.2) is 51.8 Å². The van der Waals surface area contributed by atoms with Crippen LogP contribution in [0.2, 0.25) is 0 Å². The molecule has 0 saturated heterocycles. The summed E-state index contributed by atoms with van der Waals surface area (Å²) in [5.74, 6) is 0.575. The second kappa shape index (κ2) is 10.8. The SMILES string of the molecule is CNC(c1ccn(CCOCCOCCOC)c1)C(C)C. The Kier molecular flexibility index (Phi) is 9.34. The molecule has 0 spiro atoms. The molecule has 122 valence electrons. The monoisotopic (exact) mass is 298 g/mol. The molecule has 1 unspecified atom stereocenters. The van der Waals surface area contributed by atoms with Crippen molar-refractivity contribution < 1.29 is 14.2 Å². The topological polar surface area (TPSA) is 44.7 Å². The van der Waals surface area contributed by atoms with Crippen LogP contribution in [0.1, 0.15) is 25.5 Å². The number of hydrogen-bond donors (Lipinski definition) is 1. The lowest BCUT2D eigenvalue weighted by Gasteiger charge is -2.18. The molecule has 0 amide bonds. The molecule has 21 heavy (non-hydrogen) atoms. The van der Waals surface area contributed by atoms with Crippen molar-refractivity contribution in [1.82, 2.24) is 9.88 Å². The Morgan fingerprint density at radius 2 is 1.76 bits per heavy atom. The Morgan fingerprint density at radius 1 is 1.10 bits per heavy atom. The van der Waals surface area contributed by atoms with Gasteiger partial charge in [-0.2, -0.15) is 0 Å². The van der Waals surface area contributed by atoms with E-state index in [1.807, 2.05) is 7.05 Å². The average Bonchev–Trinajstić information content (AvgIpc) is 2.91. The van der Waals surface area contributed by atoms with Crippen LogP contribution in [0.3, 0.4) is 0 Å². The summed E-state index contributed by atoms with van der Waals surface area (Å²) in [4.78, 5) is 0. The second-order valence-corrected chi connectivity index (χ2v) is 5.41. The van der Waals surface area contributed by atoms with Gasteiger partial charge in [0.2, 0.25) is 0 Å². The fourth-order valence-electron chi connectivity index (χ4n) is 2.30. The van der Waals surface area contributed by atoms with Crippen molar-refractivity contribution in [1.29, 1.82) is 0 Å². The first kappa shape index (κ1) is 18.2. The Balaban J connectivity index is 2.17. The van der Waals surface area contributed by atoms with E-state index in [4.69, 9.17) is 14.2 Å². The molecular weight excluding hydrogens is 268 g/mol. The van der Waals surface area contributed by atoms with Crippen LogP contribution < -0.4 is 5.32 Å². The third kappa shape index (κ3) is 7.09. The Labute approximate surface area is 128 Å². The smallest absolute Gasteiger partial charge is 0.0701 e. The van der Waals surface area contributed by atoms with E-state index in [-0.39, 0.29) is 0 Å². The molecular formula is C16H30N2O3. The summed E-state index contributed by atoms with van der Waals surface area (Å²) in [7, 11) is 3.68. The quantitative estimate of drug-likeness (QED) is 0.600. The van der Waals surface area contributed by atoms with Gasteiger partial charge in [0.25, 0.3) is 0 Å².